The number of hydrogen-bond donors (Lipinski definition) is 4. The summed E-state index contributed by atoms with van der Waals surface area (Å²) in [6.07, 6.45) is 2.56. The molecule has 6 aliphatic rings. The number of aliphatic carboxylic acids is 1. The van der Waals surface area contributed by atoms with Gasteiger partial charge < -0.3 is 39.4 Å². The van der Waals surface area contributed by atoms with Crippen molar-refractivity contribution in [2.45, 2.75) is 114 Å². The summed E-state index contributed by atoms with van der Waals surface area (Å²) >= 11 is 0. The van der Waals surface area contributed by atoms with Crippen LogP contribution in [-0.2, 0) is 28.5 Å². The Morgan fingerprint density at radius 2 is 1.82 bits per heavy atom. The van der Waals surface area contributed by atoms with Gasteiger partial charge in [-0.15, -0.1) is 0 Å². The number of carboxylic acids is 1. The van der Waals surface area contributed by atoms with Crippen molar-refractivity contribution in [3.63, 3.8) is 0 Å². The average molecular weight is 565 g/mol. The van der Waals surface area contributed by atoms with Crippen LogP contribution in [0.2, 0.25) is 0 Å². The number of carbonyl (C=O) groups excluding carboxylic acids is 1. The van der Waals surface area contributed by atoms with Gasteiger partial charge in [0.2, 0.25) is 0 Å². The van der Waals surface area contributed by atoms with Gasteiger partial charge in [0.25, 0.3) is 0 Å². The van der Waals surface area contributed by atoms with Crippen LogP contribution in [0.1, 0.15) is 71.6 Å². The molecular formula is C30H44O10. The van der Waals surface area contributed by atoms with E-state index in [1.165, 1.54) is 7.11 Å². The molecule has 4 saturated carbocycles. The van der Waals surface area contributed by atoms with Crippen LogP contribution in [-0.4, -0.2) is 88.5 Å². The summed E-state index contributed by atoms with van der Waals surface area (Å²) in [5, 5.41) is 44.2. The van der Waals surface area contributed by atoms with Crippen molar-refractivity contribution in [1.29, 1.82) is 0 Å². The van der Waals surface area contributed by atoms with E-state index in [-0.39, 0.29) is 42.4 Å². The van der Waals surface area contributed by atoms with Crippen molar-refractivity contribution in [1.82, 2.24) is 0 Å². The van der Waals surface area contributed by atoms with Crippen molar-refractivity contribution < 1.29 is 49.0 Å². The number of cyclic esters (lactones) is 1. The van der Waals surface area contributed by atoms with E-state index in [0.29, 0.717) is 38.5 Å². The standard InChI is InChI=1S/C30H44O10/c1-15-23(32)25(37-3)24(33)26(39-15)40-18-6-10-29(27(34)35)17(13-18)4-5-21-20(29)7-9-28(2)19(8-11-30(21,28)36)16-12-22(31)38-14-16/h12,15,17-21,23-26,32-33,36H,4-11,13-14H2,1-3H3,(H,34,35)/t15-,17+,18-,19+,20-,21+,23-,24-,25+,26-,28+,29+,30-/m0/s1. The fourth-order valence-electron chi connectivity index (χ4n) is 10.1. The van der Waals surface area contributed by atoms with Gasteiger partial charge in [-0.2, -0.15) is 0 Å². The third-order valence-electron chi connectivity index (χ3n) is 12.2. The van der Waals surface area contributed by atoms with Gasteiger partial charge in [-0.1, -0.05) is 6.92 Å². The van der Waals surface area contributed by atoms with Gasteiger partial charge in [0.1, 0.15) is 24.9 Å². The van der Waals surface area contributed by atoms with Crippen molar-refractivity contribution in [2.75, 3.05) is 13.7 Å². The van der Waals surface area contributed by atoms with Crippen molar-refractivity contribution in [3.8, 4) is 0 Å². The van der Waals surface area contributed by atoms with Crippen LogP contribution in [0.3, 0.4) is 0 Å². The Labute approximate surface area is 235 Å². The van der Waals surface area contributed by atoms with Gasteiger partial charge >= 0.3 is 11.9 Å². The molecule has 0 bridgehead atoms. The fourth-order valence-corrected chi connectivity index (χ4v) is 10.1. The zero-order chi connectivity index (χ0) is 28.6. The smallest absolute Gasteiger partial charge is 0.331 e. The van der Waals surface area contributed by atoms with Gasteiger partial charge in [-0.25, -0.2) is 4.79 Å². The Morgan fingerprint density at radius 1 is 1.05 bits per heavy atom. The van der Waals surface area contributed by atoms with Gasteiger partial charge in [-0.05, 0) is 94.0 Å². The third kappa shape index (κ3) is 3.96. The monoisotopic (exact) mass is 564 g/mol. The normalized spacial score (nSPS) is 52.2. The van der Waals surface area contributed by atoms with E-state index in [2.05, 4.69) is 6.92 Å². The van der Waals surface area contributed by atoms with E-state index in [1.807, 2.05) is 0 Å². The molecule has 0 radical (unpaired) electrons. The first-order valence-electron chi connectivity index (χ1n) is 15.0. The van der Waals surface area contributed by atoms with Crippen LogP contribution in [0.25, 0.3) is 0 Å². The Hall–Kier alpha value is -1.56. The lowest BCUT2D eigenvalue weighted by Crippen LogP contribution is -2.65. The summed E-state index contributed by atoms with van der Waals surface area (Å²) in [5.41, 5.74) is -1.38. The molecule has 0 aromatic rings. The highest BCUT2D eigenvalue weighted by molar-refractivity contribution is 5.85. The number of hydrogen-bond acceptors (Lipinski definition) is 9. The molecule has 0 amide bonds. The number of esters is 1. The van der Waals surface area contributed by atoms with E-state index >= 15 is 0 Å². The predicted octanol–water partition coefficient (Wildman–Crippen LogP) is 2.17. The first kappa shape index (κ1) is 28.6. The van der Waals surface area contributed by atoms with Gasteiger partial charge in [0.15, 0.2) is 6.29 Å². The highest BCUT2D eigenvalue weighted by Crippen LogP contribution is 2.70. The first-order chi connectivity index (χ1) is 19.0. The number of carbonyl (C=O) groups is 2. The molecule has 4 aliphatic carbocycles. The number of rotatable bonds is 5. The molecule has 10 heteroatoms. The number of carboxylic acid groups (broad SMARTS) is 1. The maximum absolute atomic E-state index is 13.2. The van der Waals surface area contributed by atoms with Crippen molar-refractivity contribution >= 4 is 11.9 Å². The quantitative estimate of drug-likeness (QED) is 0.289. The molecule has 4 N–H and O–H groups in total. The number of aliphatic hydroxyl groups is 3. The summed E-state index contributed by atoms with van der Waals surface area (Å²) in [4.78, 5) is 25.0. The molecule has 2 aliphatic heterocycles. The maximum Gasteiger partial charge on any atom is 0.331 e. The molecule has 5 fully saturated rings. The van der Waals surface area contributed by atoms with E-state index in [0.717, 1.165) is 24.8 Å². The molecule has 0 unspecified atom stereocenters. The Kier molecular flexibility index (Phi) is 7.15. The Morgan fingerprint density at radius 3 is 2.50 bits per heavy atom. The molecule has 0 aromatic heterocycles. The Balaban J connectivity index is 1.21. The zero-order valence-corrected chi connectivity index (χ0v) is 23.7. The molecule has 0 aromatic carbocycles. The second kappa shape index (κ2) is 10.0. The van der Waals surface area contributed by atoms with E-state index in [9.17, 15) is 30.0 Å². The molecule has 1 saturated heterocycles. The SMILES string of the molecule is CO[C@H]1[C@H](O)[C@H](O[C@H]2CC[C@@]3(C(=O)O)[C@H](CC[C@@H]4[C@@H]3CC[C@]3(C)[C@@H](C5=CC(=O)OC5)CC[C@]43O)C2)O[C@@H](C)[C@@H]1O. The minimum Gasteiger partial charge on any atom is -0.481 e. The van der Waals surface area contributed by atoms with Crippen LogP contribution >= 0.6 is 0 Å². The van der Waals surface area contributed by atoms with Crippen LogP contribution in [0.15, 0.2) is 11.6 Å². The van der Waals surface area contributed by atoms with Crippen LogP contribution < -0.4 is 0 Å². The highest BCUT2D eigenvalue weighted by Gasteiger charge is 2.70. The summed E-state index contributed by atoms with van der Waals surface area (Å²) in [5.74, 6) is -1.40. The fraction of sp³-hybridized carbons (Fsp3) is 0.867. The number of methoxy groups -OCH3 is 1. The largest absolute Gasteiger partial charge is 0.481 e. The lowest BCUT2D eigenvalue weighted by molar-refractivity contribution is -0.313. The molecule has 2 heterocycles. The van der Waals surface area contributed by atoms with Crippen LogP contribution in [0, 0.1) is 34.5 Å². The molecule has 0 spiro atoms. The average Bonchev–Trinajstić information content (AvgIpc) is 3.46. The van der Waals surface area contributed by atoms with Crippen molar-refractivity contribution in [2.24, 2.45) is 34.5 Å². The molecule has 40 heavy (non-hydrogen) atoms. The summed E-state index contributed by atoms with van der Waals surface area (Å²) in [7, 11) is 1.43. The lowest BCUT2D eigenvalue weighted by atomic mass is 9.42. The molecule has 10 nitrogen and oxygen atoms in total. The molecule has 6 rings (SSSR count). The van der Waals surface area contributed by atoms with E-state index in [4.69, 9.17) is 18.9 Å². The number of ether oxygens (including phenoxy) is 4. The molecule has 13 atom stereocenters. The topological polar surface area (TPSA) is 152 Å². The second-order valence-corrected chi connectivity index (χ2v) is 13.6. The third-order valence-corrected chi connectivity index (χ3v) is 12.2. The Bertz CT molecular complexity index is 1060. The number of fused-ring (bicyclic) bond motifs is 5. The first-order valence-corrected chi connectivity index (χ1v) is 15.0. The lowest BCUT2D eigenvalue weighted by Gasteiger charge is -2.63. The zero-order valence-electron chi connectivity index (χ0n) is 23.7. The van der Waals surface area contributed by atoms with Gasteiger partial charge in [-0.3, -0.25) is 4.79 Å². The summed E-state index contributed by atoms with van der Waals surface area (Å²) in [6, 6.07) is 0. The number of aliphatic hydroxyl groups excluding tert-OH is 2. The van der Waals surface area contributed by atoms with Gasteiger partial charge in [0, 0.05) is 18.6 Å². The van der Waals surface area contributed by atoms with Crippen molar-refractivity contribution in [3.05, 3.63) is 11.6 Å². The van der Waals surface area contributed by atoms with E-state index < -0.39 is 53.1 Å². The maximum atomic E-state index is 13.2. The van der Waals surface area contributed by atoms with Crippen LogP contribution in [0.5, 0.6) is 0 Å². The minimum absolute atomic E-state index is 0.0614. The second-order valence-electron chi connectivity index (χ2n) is 13.6. The summed E-state index contributed by atoms with van der Waals surface area (Å²) in [6.45, 7) is 4.13. The highest BCUT2D eigenvalue weighted by atomic mass is 16.7. The molecule has 224 valence electrons. The van der Waals surface area contributed by atoms with E-state index in [1.54, 1.807) is 13.0 Å². The summed E-state index contributed by atoms with van der Waals surface area (Å²) < 4.78 is 22.5. The van der Waals surface area contributed by atoms with Gasteiger partial charge in [0.05, 0.1) is 23.2 Å². The van der Waals surface area contributed by atoms with Crippen LogP contribution in [0.4, 0.5) is 0 Å². The molecular weight excluding hydrogens is 520 g/mol. The predicted molar refractivity (Wildman–Crippen MR) is 140 cm³/mol. The minimum atomic E-state index is -1.16.